The second-order valence-electron chi connectivity index (χ2n) is 4.57. The van der Waals surface area contributed by atoms with Crippen LogP contribution in [0.25, 0.3) is 0 Å². The van der Waals surface area contributed by atoms with E-state index in [2.05, 4.69) is 27.3 Å². The van der Waals surface area contributed by atoms with Crippen LogP contribution in [-0.2, 0) is 11.8 Å². The van der Waals surface area contributed by atoms with Crippen LogP contribution < -0.4 is 10.6 Å². The highest BCUT2D eigenvalue weighted by Crippen LogP contribution is 2.19. The number of carbonyl (C=O) groups is 1. The van der Waals surface area contributed by atoms with Crippen molar-refractivity contribution < 1.29 is 4.79 Å². The first kappa shape index (κ1) is 13.7. The van der Waals surface area contributed by atoms with Crippen molar-refractivity contribution in [2.75, 3.05) is 5.32 Å². The van der Waals surface area contributed by atoms with Crippen molar-refractivity contribution in [3.05, 3.63) is 35.7 Å². The van der Waals surface area contributed by atoms with Crippen molar-refractivity contribution in [1.82, 2.24) is 15.1 Å². The van der Waals surface area contributed by atoms with E-state index >= 15 is 0 Å². The van der Waals surface area contributed by atoms with Gasteiger partial charge in [-0.05, 0) is 25.5 Å². The van der Waals surface area contributed by atoms with Crippen LogP contribution >= 0.6 is 0 Å². The highest BCUT2D eigenvalue weighted by Gasteiger charge is 2.23. The molecule has 0 spiro atoms. The molecule has 0 fully saturated rings. The number of allylic oxidation sites excluding steroid dienone is 1. The maximum absolute atomic E-state index is 11.4. The molecule has 2 heterocycles. The number of anilines is 1. The molecule has 3 N–H and O–H groups in total. The third-order valence-electron chi connectivity index (χ3n) is 2.69. The van der Waals surface area contributed by atoms with E-state index in [4.69, 9.17) is 5.41 Å². The van der Waals surface area contributed by atoms with E-state index in [1.165, 1.54) is 6.08 Å². The minimum Gasteiger partial charge on any atom is -0.323 e. The lowest BCUT2D eigenvalue weighted by molar-refractivity contribution is -0.111. The van der Waals surface area contributed by atoms with E-state index in [0.717, 1.165) is 5.57 Å². The lowest BCUT2D eigenvalue weighted by Gasteiger charge is -2.02. The van der Waals surface area contributed by atoms with Crippen molar-refractivity contribution in [2.45, 2.75) is 13.8 Å². The standard InChI is InChI=1S/C13H16N6O/c1-5-9(20)15-13-8(6-19(4)18-13)12-16-10(7(2)3)11(14)17-12/h5-6H,1H2,2-4H3,(H2,14,16,17)(H,15,18,20). The number of aromatic nitrogens is 2. The number of rotatable bonds is 3. The van der Waals surface area contributed by atoms with E-state index in [9.17, 15) is 4.79 Å². The van der Waals surface area contributed by atoms with Gasteiger partial charge in [0.05, 0.1) is 5.56 Å². The van der Waals surface area contributed by atoms with Gasteiger partial charge in [0.1, 0.15) is 17.4 Å². The number of amidine groups is 2. The van der Waals surface area contributed by atoms with Crippen LogP contribution in [0.1, 0.15) is 19.4 Å². The zero-order valence-corrected chi connectivity index (χ0v) is 11.6. The van der Waals surface area contributed by atoms with Crippen LogP contribution in [0.4, 0.5) is 5.82 Å². The van der Waals surface area contributed by atoms with Gasteiger partial charge in [-0.2, -0.15) is 5.10 Å². The molecule has 0 radical (unpaired) electrons. The summed E-state index contributed by atoms with van der Waals surface area (Å²) in [6.07, 6.45) is 2.90. The quantitative estimate of drug-likeness (QED) is 0.721. The Labute approximate surface area is 116 Å². The molecule has 1 aromatic heterocycles. The minimum atomic E-state index is -0.346. The highest BCUT2D eigenvalue weighted by molar-refractivity contribution is 6.21. The normalized spacial score (nSPS) is 13.8. The zero-order valence-electron chi connectivity index (χ0n) is 11.6. The topological polar surface area (TPSA) is 95.2 Å². The molecule has 104 valence electrons. The summed E-state index contributed by atoms with van der Waals surface area (Å²) in [5.41, 5.74) is 2.17. The van der Waals surface area contributed by atoms with Crippen molar-refractivity contribution in [2.24, 2.45) is 12.0 Å². The lowest BCUT2D eigenvalue weighted by atomic mass is 10.2. The van der Waals surface area contributed by atoms with Crippen LogP contribution in [0.5, 0.6) is 0 Å². The van der Waals surface area contributed by atoms with Crippen LogP contribution in [0, 0.1) is 5.41 Å². The van der Waals surface area contributed by atoms with Crippen molar-refractivity contribution in [3.8, 4) is 0 Å². The molecule has 1 amide bonds. The van der Waals surface area contributed by atoms with E-state index in [1.807, 2.05) is 13.8 Å². The molecule has 0 bridgehead atoms. The summed E-state index contributed by atoms with van der Waals surface area (Å²) < 4.78 is 1.57. The Balaban J connectivity index is 2.42. The van der Waals surface area contributed by atoms with Crippen LogP contribution in [0.15, 0.2) is 35.1 Å². The maximum Gasteiger partial charge on any atom is 0.248 e. The summed E-state index contributed by atoms with van der Waals surface area (Å²) in [6, 6.07) is 0. The summed E-state index contributed by atoms with van der Waals surface area (Å²) in [4.78, 5) is 15.8. The summed E-state index contributed by atoms with van der Waals surface area (Å²) in [7, 11) is 1.75. The average Bonchev–Trinajstić information content (AvgIpc) is 2.92. The predicted octanol–water partition coefficient (Wildman–Crippen LogP) is 1.17. The number of carbonyl (C=O) groups excluding carboxylic acids is 1. The molecule has 1 aliphatic rings. The molecular weight excluding hydrogens is 256 g/mol. The highest BCUT2D eigenvalue weighted by atomic mass is 16.1. The van der Waals surface area contributed by atoms with Gasteiger partial charge in [0, 0.05) is 13.2 Å². The smallest absolute Gasteiger partial charge is 0.248 e. The lowest BCUT2D eigenvalue weighted by Crippen LogP contribution is -2.25. The second-order valence-corrected chi connectivity index (χ2v) is 4.57. The Morgan fingerprint density at radius 3 is 2.80 bits per heavy atom. The molecule has 0 unspecified atom stereocenters. The molecule has 0 aromatic carbocycles. The number of hydrogen-bond donors (Lipinski definition) is 3. The van der Waals surface area contributed by atoms with Crippen LogP contribution in [-0.4, -0.2) is 27.4 Å². The monoisotopic (exact) mass is 272 g/mol. The third-order valence-corrected chi connectivity index (χ3v) is 2.69. The van der Waals surface area contributed by atoms with Gasteiger partial charge in [-0.1, -0.05) is 6.58 Å². The molecule has 0 aliphatic carbocycles. The summed E-state index contributed by atoms with van der Waals surface area (Å²) in [5.74, 6) is 0.774. The minimum absolute atomic E-state index is 0.241. The van der Waals surface area contributed by atoms with Gasteiger partial charge in [-0.3, -0.25) is 14.9 Å². The van der Waals surface area contributed by atoms with Gasteiger partial charge < -0.3 is 10.6 Å². The Kier molecular flexibility index (Phi) is 3.51. The number of aryl methyl sites for hydroxylation is 1. The number of aliphatic imine (C=N–C) groups is 1. The Morgan fingerprint density at radius 1 is 1.55 bits per heavy atom. The number of amides is 1. The van der Waals surface area contributed by atoms with E-state index in [0.29, 0.717) is 22.9 Å². The SMILES string of the molecule is C=CC(=O)Nc1nn(C)cc1C1=NC(=C(C)C)C(=N)N1. The zero-order chi connectivity index (χ0) is 14.9. The van der Waals surface area contributed by atoms with Crippen LogP contribution in [0.2, 0.25) is 0 Å². The van der Waals surface area contributed by atoms with Gasteiger partial charge >= 0.3 is 0 Å². The van der Waals surface area contributed by atoms with Crippen molar-refractivity contribution >= 4 is 23.4 Å². The molecule has 0 saturated heterocycles. The fourth-order valence-corrected chi connectivity index (χ4v) is 1.78. The first-order valence-corrected chi connectivity index (χ1v) is 6.02. The Morgan fingerprint density at radius 2 is 2.25 bits per heavy atom. The van der Waals surface area contributed by atoms with Crippen molar-refractivity contribution in [3.63, 3.8) is 0 Å². The number of nitrogens with zero attached hydrogens (tertiary/aromatic N) is 3. The number of nitrogens with one attached hydrogen (secondary N) is 3. The molecule has 0 atom stereocenters. The molecular formula is C13H16N6O. The molecule has 2 rings (SSSR count). The van der Waals surface area contributed by atoms with E-state index < -0.39 is 0 Å². The fourth-order valence-electron chi connectivity index (χ4n) is 1.78. The second kappa shape index (κ2) is 5.12. The van der Waals surface area contributed by atoms with Crippen molar-refractivity contribution in [1.29, 1.82) is 5.41 Å². The summed E-state index contributed by atoms with van der Waals surface area (Å²) >= 11 is 0. The van der Waals surface area contributed by atoms with Gasteiger partial charge in [0.15, 0.2) is 5.82 Å². The molecule has 7 heteroatoms. The Bertz CT molecular complexity index is 660. The number of hydrogen-bond acceptors (Lipinski definition) is 4. The molecule has 1 aliphatic heterocycles. The largest absolute Gasteiger partial charge is 0.323 e. The van der Waals surface area contributed by atoms with Crippen LogP contribution in [0.3, 0.4) is 0 Å². The van der Waals surface area contributed by atoms with Gasteiger partial charge in [-0.15, -0.1) is 0 Å². The predicted molar refractivity (Wildman–Crippen MR) is 77.8 cm³/mol. The molecule has 1 aromatic rings. The first-order chi connectivity index (χ1) is 9.42. The molecule has 0 saturated carbocycles. The van der Waals surface area contributed by atoms with Gasteiger partial charge in [0.25, 0.3) is 0 Å². The Hall–Kier alpha value is -2.70. The maximum atomic E-state index is 11.4. The third kappa shape index (κ3) is 2.51. The average molecular weight is 272 g/mol. The van der Waals surface area contributed by atoms with E-state index in [1.54, 1.807) is 17.9 Å². The van der Waals surface area contributed by atoms with Gasteiger partial charge in [0.2, 0.25) is 5.91 Å². The molecule has 20 heavy (non-hydrogen) atoms. The van der Waals surface area contributed by atoms with Gasteiger partial charge in [-0.25, -0.2) is 4.99 Å². The summed E-state index contributed by atoms with van der Waals surface area (Å²) in [6.45, 7) is 7.19. The summed E-state index contributed by atoms with van der Waals surface area (Å²) in [5, 5.41) is 17.5. The molecule has 7 nitrogen and oxygen atoms in total. The van der Waals surface area contributed by atoms with E-state index in [-0.39, 0.29) is 11.7 Å². The fraction of sp³-hybridized carbons (Fsp3) is 0.231. The first-order valence-electron chi connectivity index (χ1n) is 6.02.